The summed E-state index contributed by atoms with van der Waals surface area (Å²) in [7, 11) is 0. The Kier molecular flexibility index (Phi) is 7.87. The number of nitrogens with one attached hydrogen (secondary N) is 1. The van der Waals surface area contributed by atoms with E-state index in [-0.39, 0.29) is 24.2 Å². The highest BCUT2D eigenvalue weighted by molar-refractivity contribution is 6.34. The van der Waals surface area contributed by atoms with Crippen LogP contribution in [0.3, 0.4) is 0 Å². The van der Waals surface area contributed by atoms with Crippen molar-refractivity contribution < 1.29 is 14.7 Å². The van der Waals surface area contributed by atoms with Crippen molar-refractivity contribution in [1.82, 2.24) is 5.32 Å². The fraction of sp³-hybridized carbons (Fsp3) is 0.391. The van der Waals surface area contributed by atoms with Gasteiger partial charge in [-0.3, -0.25) is 9.59 Å². The van der Waals surface area contributed by atoms with Crippen molar-refractivity contribution in [2.75, 3.05) is 0 Å². The van der Waals surface area contributed by atoms with Crippen LogP contribution in [0.15, 0.2) is 36.4 Å². The van der Waals surface area contributed by atoms with Gasteiger partial charge in [0.05, 0.1) is 11.6 Å². The smallest absolute Gasteiger partial charge is 0.220 e. The first-order valence-corrected chi connectivity index (χ1v) is 10.4. The lowest BCUT2D eigenvalue weighted by molar-refractivity contribution is -0.121. The molecule has 0 aromatic heterocycles. The van der Waals surface area contributed by atoms with E-state index >= 15 is 0 Å². The third-order valence-electron chi connectivity index (χ3n) is 5.02. The topological polar surface area (TPSA) is 66.4 Å². The number of ketones is 1. The molecule has 156 valence electrons. The third kappa shape index (κ3) is 6.05. The molecule has 0 saturated carbocycles. The number of rotatable bonds is 8. The van der Waals surface area contributed by atoms with E-state index in [1.165, 1.54) is 0 Å². The minimum Gasteiger partial charge on any atom is -0.385 e. The molecule has 1 amide bonds. The minimum absolute atomic E-state index is 0.00682. The molecule has 2 unspecified atom stereocenters. The van der Waals surface area contributed by atoms with E-state index in [4.69, 9.17) is 23.2 Å². The standard InChI is InChI=1S/C23H27Cl2NO3/c1-5-20(26-22(28)6-2)19-8-7-15(9-14(19)3)21(27)13-23(4,29)16-10-17(24)12-18(25)11-16/h7-12,20,29H,5-6,13H2,1-4H3,(H,26,28). The highest BCUT2D eigenvalue weighted by Gasteiger charge is 2.28. The maximum Gasteiger partial charge on any atom is 0.220 e. The summed E-state index contributed by atoms with van der Waals surface area (Å²) >= 11 is 12.1. The van der Waals surface area contributed by atoms with E-state index in [0.29, 0.717) is 27.6 Å². The molecule has 2 aromatic rings. The van der Waals surface area contributed by atoms with E-state index in [2.05, 4.69) is 5.32 Å². The number of Topliss-reactive ketones (excluding diaryl/α,β-unsaturated/α-hetero) is 1. The van der Waals surface area contributed by atoms with E-state index < -0.39 is 5.60 Å². The van der Waals surface area contributed by atoms with Gasteiger partial charge in [-0.15, -0.1) is 0 Å². The molecule has 0 saturated heterocycles. The number of aliphatic hydroxyl groups is 1. The average Bonchev–Trinajstić information content (AvgIpc) is 2.65. The van der Waals surface area contributed by atoms with E-state index in [1.54, 1.807) is 37.3 Å². The number of hydrogen-bond donors (Lipinski definition) is 2. The molecular weight excluding hydrogens is 409 g/mol. The molecule has 2 rings (SSSR count). The van der Waals surface area contributed by atoms with Crippen molar-refractivity contribution in [3.05, 3.63) is 68.7 Å². The predicted molar refractivity (Wildman–Crippen MR) is 118 cm³/mol. The van der Waals surface area contributed by atoms with Crippen molar-refractivity contribution in [3.8, 4) is 0 Å². The van der Waals surface area contributed by atoms with Crippen molar-refractivity contribution in [1.29, 1.82) is 0 Å². The second kappa shape index (κ2) is 9.75. The number of aryl methyl sites for hydroxylation is 1. The molecule has 2 N–H and O–H groups in total. The monoisotopic (exact) mass is 435 g/mol. The Morgan fingerprint density at radius 2 is 1.72 bits per heavy atom. The molecule has 0 aliphatic carbocycles. The number of carbonyl (C=O) groups excluding carboxylic acids is 2. The first-order valence-electron chi connectivity index (χ1n) is 9.69. The van der Waals surface area contributed by atoms with Crippen LogP contribution in [-0.2, 0) is 10.4 Å². The molecule has 0 fully saturated rings. The van der Waals surface area contributed by atoms with Crippen molar-refractivity contribution in [2.24, 2.45) is 0 Å². The van der Waals surface area contributed by atoms with Crippen LogP contribution in [0.1, 0.15) is 73.1 Å². The number of carbonyl (C=O) groups is 2. The van der Waals surface area contributed by atoms with Crippen molar-refractivity contribution in [3.63, 3.8) is 0 Å². The molecule has 0 heterocycles. The molecule has 0 aliphatic heterocycles. The Morgan fingerprint density at radius 3 is 2.24 bits per heavy atom. The van der Waals surface area contributed by atoms with Gasteiger partial charge < -0.3 is 10.4 Å². The zero-order valence-electron chi connectivity index (χ0n) is 17.2. The van der Waals surface area contributed by atoms with Gasteiger partial charge in [-0.25, -0.2) is 0 Å². The van der Waals surface area contributed by atoms with Gasteiger partial charge >= 0.3 is 0 Å². The van der Waals surface area contributed by atoms with Crippen LogP contribution in [0.4, 0.5) is 0 Å². The highest BCUT2D eigenvalue weighted by atomic mass is 35.5. The molecule has 0 aliphatic rings. The quantitative estimate of drug-likeness (QED) is 0.517. The van der Waals surface area contributed by atoms with Crippen LogP contribution in [0, 0.1) is 6.92 Å². The van der Waals surface area contributed by atoms with Gasteiger partial charge in [0.25, 0.3) is 0 Å². The Labute approximate surface area is 182 Å². The summed E-state index contributed by atoms with van der Waals surface area (Å²) in [4.78, 5) is 24.6. The molecule has 0 bridgehead atoms. The van der Waals surface area contributed by atoms with E-state index in [9.17, 15) is 14.7 Å². The maximum atomic E-state index is 12.8. The molecule has 29 heavy (non-hydrogen) atoms. The van der Waals surface area contributed by atoms with Gasteiger partial charge in [-0.2, -0.15) is 0 Å². The van der Waals surface area contributed by atoms with Gasteiger partial charge in [0.1, 0.15) is 0 Å². The summed E-state index contributed by atoms with van der Waals surface area (Å²) in [5, 5.41) is 14.7. The Balaban J connectivity index is 2.23. The Bertz CT molecular complexity index is 889. The summed E-state index contributed by atoms with van der Waals surface area (Å²) in [5.41, 5.74) is 1.50. The second-order valence-electron chi connectivity index (χ2n) is 7.49. The summed E-state index contributed by atoms with van der Waals surface area (Å²) in [5.74, 6) is -0.195. The Hall–Kier alpha value is -1.88. The molecule has 0 radical (unpaired) electrons. The van der Waals surface area contributed by atoms with Crippen LogP contribution in [-0.4, -0.2) is 16.8 Å². The number of benzene rings is 2. The minimum atomic E-state index is -1.40. The predicted octanol–water partition coefficient (Wildman–Crippen LogP) is 5.76. The van der Waals surface area contributed by atoms with Crippen LogP contribution in [0.2, 0.25) is 10.0 Å². The number of amides is 1. The van der Waals surface area contributed by atoms with Gasteiger partial charge in [0.15, 0.2) is 5.78 Å². The summed E-state index contributed by atoms with van der Waals surface area (Å²) < 4.78 is 0. The van der Waals surface area contributed by atoms with Crippen LogP contribution < -0.4 is 5.32 Å². The number of halogens is 2. The fourth-order valence-corrected chi connectivity index (χ4v) is 3.84. The van der Waals surface area contributed by atoms with Gasteiger partial charge in [-0.1, -0.05) is 49.2 Å². The fourth-order valence-electron chi connectivity index (χ4n) is 3.32. The van der Waals surface area contributed by atoms with Crippen molar-refractivity contribution in [2.45, 2.75) is 58.6 Å². The lowest BCUT2D eigenvalue weighted by atomic mass is 9.87. The summed E-state index contributed by atoms with van der Waals surface area (Å²) in [6.07, 6.45) is 1.07. The van der Waals surface area contributed by atoms with E-state index in [1.807, 2.05) is 26.8 Å². The highest BCUT2D eigenvalue weighted by Crippen LogP contribution is 2.31. The maximum absolute atomic E-state index is 12.8. The van der Waals surface area contributed by atoms with E-state index in [0.717, 1.165) is 17.5 Å². The van der Waals surface area contributed by atoms with Crippen LogP contribution >= 0.6 is 23.2 Å². The first-order chi connectivity index (χ1) is 13.6. The summed E-state index contributed by atoms with van der Waals surface area (Å²) in [6.45, 7) is 7.31. The Morgan fingerprint density at radius 1 is 1.10 bits per heavy atom. The lowest BCUT2D eigenvalue weighted by Gasteiger charge is -2.24. The zero-order chi connectivity index (χ0) is 21.8. The molecule has 2 aromatic carbocycles. The first kappa shape index (κ1) is 23.4. The SMILES string of the molecule is CCC(=O)NC(CC)c1ccc(C(=O)CC(C)(O)c2cc(Cl)cc(Cl)c2)cc1C. The zero-order valence-corrected chi connectivity index (χ0v) is 18.7. The van der Waals surface area contributed by atoms with Gasteiger partial charge in [0.2, 0.25) is 5.91 Å². The third-order valence-corrected chi connectivity index (χ3v) is 5.46. The average molecular weight is 436 g/mol. The van der Waals surface area contributed by atoms with Crippen molar-refractivity contribution >= 4 is 34.9 Å². The molecule has 6 heteroatoms. The normalized spacial score (nSPS) is 14.2. The van der Waals surface area contributed by atoms with Gasteiger partial charge in [-0.05, 0) is 61.2 Å². The number of hydrogen-bond acceptors (Lipinski definition) is 3. The van der Waals surface area contributed by atoms with Crippen LogP contribution in [0.25, 0.3) is 0 Å². The molecule has 0 spiro atoms. The largest absolute Gasteiger partial charge is 0.385 e. The second-order valence-corrected chi connectivity index (χ2v) is 8.36. The molecule has 4 nitrogen and oxygen atoms in total. The molecule has 2 atom stereocenters. The van der Waals surface area contributed by atoms with Crippen LogP contribution in [0.5, 0.6) is 0 Å². The summed E-state index contributed by atoms with van der Waals surface area (Å²) in [6, 6.07) is 10.1. The molecular formula is C23H27Cl2NO3. The lowest BCUT2D eigenvalue weighted by Crippen LogP contribution is -2.28. The van der Waals surface area contributed by atoms with Gasteiger partial charge in [0, 0.05) is 28.5 Å².